The molecule has 0 unspecified atom stereocenters. The molecule has 1 aliphatic heterocycles. The second-order valence-electron chi connectivity index (χ2n) is 4.17. The summed E-state index contributed by atoms with van der Waals surface area (Å²) in [6, 6.07) is 5.83. The minimum Gasteiger partial charge on any atom is -0.407 e. The van der Waals surface area contributed by atoms with E-state index >= 15 is 0 Å². The zero-order valence-electron chi connectivity index (χ0n) is 11.2. The number of nitrogens with two attached hydrogens (primary N) is 1. The molecule has 1 aromatic carbocycles. The lowest BCUT2D eigenvalue weighted by Gasteiger charge is -2.25. The second-order valence-corrected chi connectivity index (χ2v) is 4.17. The molecule has 2 rings (SSSR count). The van der Waals surface area contributed by atoms with Crippen molar-refractivity contribution in [1.82, 2.24) is 0 Å². The Morgan fingerprint density at radius 3 is 2.41 bits per heavy atom. The Balaban J connectivity index is 0.000000686. The van der Waals surface area contributed by atoms with Crippen LogP contribution in [0.25, 0.3) is 0 Å². The molecule has 1 heterocycles. The first-order valence-corrected chi connectivity index (χ1v) is 6.26. The summed E-state index contributed by atoms with van der Waals surface area (Å²) in [5, 5.41) is 0. The molecule has 0 amide bonds. The van der Waals surface area contributed by atoms with E-state index in [1.54, 1.807) is 0 Å². The third-order valence-electron chi connectivity index (χ3n) is 2.74. The first-order chi connectivity index (χ1) is 8.18. The largest absolute Gasteiger partial charge is 0.494 e. The third kappa shape index (κ3) is 3.48. The van der Waals surface area contributed by atoms with Crippen LogP contribution >= 0.6 is 0 Å². The molecule has 1 aliphatic rings. The molecular formula is C13H22BNO2. The SMILES string of the molecule is CC.Cc1c(N)cccc1B1OCC(C)CO1. The lowest BCUT2D eigenvalue weighted by molar-refractivity contribution is 0.0957. The number of hydrogen-bond donors (Lipinski definition) is 1. The van der Waals surface area contributed by atoms with Crippen LogP contribution in [0, 0.1) is 12.8 Å². The van der Waals surface area contributed by atoms with Gasteiger partial charge in [0.05, 0.1) is 0 Å². The number of hydrogen-bond acceptors (Lipinski definition) is 3. The van der Waals surface area contributed by atoms with E-state index in [1.807, 2.05) is 39.0 Å². The van der Waals surface area contributed by atoms with Crippen molar-refractivity contribution in [3.05, 3.63) is 23.8 Å². The minimum absolute atomic E-state index is 0.246. The summed E-state index contributed by atoms with van der Waals surface area (Å²) >= 11 is 0. The molecular weight excluding hydrogens is 213 g/mol. The maximum atomic E-state index is 5.84. The summed E-state index contributed by atoms with van der Waals surface area (Å²) in [6.07, 6.45) is 0. The van der Waals surface area contributed by atoms with Gasteiger partial charge in [-0.2, -0.15) is 0 Å². The van der Waals surface area contributed by atoms with E-state index < -0.39 is 0 Å². The van der Waals surface area contributed by atoms with Crippen LogP contribution in [-0.2, 0) is 9.31 Å². The molecule has 17 heavy (non-hydrogen) atoms. The van der Waals surface area contributed by atoms with Gasteiger partial charge in [0.1, 0.15) is 0 Å². The highest BCUT2D eigenvalue weighted by Gasteiger charge is 2.28. The van der Waals surface area contributed by atoms with Crippen LogP contribution in [0.5, 0.6) is 0 Å². The average molecular weight is 235 g/mol. The lowest BCUT2D eigenvalue weighted by Crippen LogP contribution is -2.44. The zero-order chi connectivity index (χ0) is 12.8. The predicted octanol–water partition coefficient (Wildman–Crippen LogP) is 1.98. The summed E-state index contributed by atoms with van der Waals surface area (Å²) in [5.41, 5.74) is 8.73. The van der Waals surface area contributed by atoms with Crippen molar-refractivity contribution in [3.63, 3.8) is 0 Å². The smallest absolute Gasteiger partial charge is 0.407 e. The van der Waals surface area contributed by atoms with Crippen LogP contribution < -0.4 is 11.2 Å². The van der Waals surface area contributed by atoms with Crippen molar-refractivity contribution in [2.75, 3.05) is 18.9 Å². The zero-order valence-corrected chi connectivity index (χ0v) is 11.2. The van der Waals surface area contributed by atoms with Crippen molar-refractivity contribution in [3.8, 4) is 0 Å². The van der Waals surface area contributed by atoms with E-state index in [9.17, 15) is 0 Å². The summed E-state index contributed by atoms with van der Waals surface area (Å²) < 4.78 is 11.3. The molecule has 0 radical (unpaired) electrons. The van der Waals surface area contributed by atoms with Gasteiger partial charge in [-0.05, 0) is 29.9 Å². The topological polar surface area (TPSA) is 44.5 Å². The third-order valence-corrected chi connectivity index (χ3v) is 2.74. The first kappa shape index (κ1) is 14.1. The van der Waals surface area contributed by atoms with Crippen molar-refractivity contribution in [2.45, 2.75) is 27.7 Å². The van der Waals surface area contributed by atoms with Crippen molar-refractivity contribution in [1.29, 1.82) is 0 Å². The molecule has 0 saturated carbocycles. The first-order valence-electron chi connectivity index (χ1n) is 6.26. The van der Waals surface area contributed by atoms with E-state index in [0.717, 1.165) is 29.9 Å². The van der Waals surface area contributed by atoms with Gasteiger partial charge in [-0.25, -0.2) is 0 Å². The molecule has 0 bridgehead atoms. The molecule has 94 valence electrons. The standard InChI is InChI=1S/C11H16BNO2.C2H6/c1-8-6-14-12(15-7-8)10-4-3-5-11(13)9(10)2;1-2/h3-5,8H,6-7,13H2,1-2H3;1-2H3. The molecule has 1 aromatic rings. The maximum Gasteiger partial charge on any atom is 0.494 e. The van der Waals surface area contributed by atoms with Gasteiger partial charge < -0.3 is 15.0 Å². The van der Waals surface area contributed by atoms with E-state index in [2.05, 4.69) is 6.92 Å². The van der Waals surface area contributed by atoms with Crippen LogP contribution in [0.3, 0.4) is 0 Å². The highest BCUT2D eigenvalue weighted by atomic mass is 16.6. The van der Waals surface area contributed by atoms with Gasteiger partial charge in [-0.15, -0.1) is 0 Å². The molecule has 3 nitrogen and oxygen atoms in total. The van der Waals surface area contributed by atoms with Gasteiger partial charge in [0, 0.05) is 18.9 Å². The van der Waals surface area contributed by atoms with Gasteiger partial charge in [0.25, 0.3) is 0 Å². The molecule has 4 heteroatoms. The Morgan fingerprint density at radius 2 is 1.82 bits per heavy atom. The van der Waals surface area contributed by atoms with Crippen molar-refractivity contribution in [2.24, 2.45) is 5.92 Å². The van der Waals surface area contributed by atoms with Crippen LogP contribution in [0.15, 0.2) is 18.2 Å². The van der Waals surface area contributed by atoms with Crippen LogP contribution in [0.1, 0.15) is 26.3 Å². The van der Waals surface area contributed by atoms with E-state index in [1.165, 1.54) is 0 Å². The van der Waals surface area contributed by atoms with Crippen LogP contribution in [0.2, 0.25) is 0 Å². The fourth-order valence-corrected chi connectivity index (χ4v) is 1.71. The Morgan fingerprint density at radius 1 is 1.24 bits per heavy atom. The van der Waals surface area contributed by atoms with Crippen LogP contribution in [0.4, 0.5) is 5.69 Å². The normalized spacial score (nSPS) is 16.4. The molecule has 1 fully saturated rings. The lowest BCUT2D eigenvalue weighted by atomic mass is 9.74. The van der Waals surface area contributed by atoms with Gasteiger partial charge in [0.15, 0.2) is 0 Å². The van der Waals surface area contributed by atoms with Crippen LogP contribution in [-0.4, -0.2) is 20.3 Å². The quantitative estimate of drug-likeness (QED) is 0.598. The Bertz CT molecular complexity index is 349. The number of rotatable bonds is 1. The summed E-state index contributed by atoms with van der Waals surface area (Å²) in [7, 11) is -0.246. The number of nitrogen functional groups attached to an aromatic ring is 1. The fraction of sp³-hybridized carbons (Fsp3) is 0.538. The molecule has 0 aromatic heterocycles. The minimum atomic E-state index is -0.246. The van der Waals surface area contributed by atoms with Gasteiger partial charge in [0.2, 0.25) is 0 Å². The molecule has 1 saturated heterocycles. The predicted molar refractivity (Wildman–Crippen MR) is 73.4 cm³/mol. The van der Waals surface area contributed by atoms with E-state index in [-0.39, 0.29) is 7.12 Å². The molecule has 0 aliphatic carbocycles. The van der Waals surface area contributed by atoms with Crippen molar-refractivity contribution >= 4 is 18.3 Å². The van der Waals surface area contributed by atoms with Gasteiger partial charge >= 0.3 is 7.12 Å². The van der Waals surface area contributed by atoms with Crippen molar-refractivity contribution < 1.29 is 9.31 Å². The summed E-state index contributed by atoms with van der Waals surface area (Å²) in [4.78, 5) is 0. The number of anilines is 1. The van der Waals surface area contributed by atoms with E-state index in [0.29, 0.717) is 5.92 Å². The Hall–Kier alpha value is -0.995. The fourth-order valence-electron chi connectivity index (χ4n) is 1.71. The molecule has 0 atom stereocenters. The average Bonchev–Trinajstić information content (AvgIpc) is 2.37. The molecule has 0 spiro atoms. The maximum absolute atomic E-state index is 5.84. The Kier molecular flexibility index (Phi) is 5.52. The summed E-state index contributed by atoms with van der Waals surface area (Å²) in [6.45, 7) is 9.61. The second kappa shape index (κ2) is 6.67. The highest BCUT2D eigenvalue weighted by molar-refractivity contribution is 6.62. The van der Waals surface area contributed by atoms with E-state index in [4.69, 9.17) is 15.0 Å². The highest BCUT2D eigenvalue weighted by Crippen LogP contribution is 2.12. The monoisotopic (exact) mass is 235 g/mol. The Labute approximate surface area is 104 Å². The van der Waals surface area contributed by atoms with Gasteiger partial charge in [-0.3, -0.25) is 0 Å². The summed E-state index contributed by atoms with van der Waals surface area (Å²) in [5.74, 6) is 0.475. The number of benzene rings is 1. The van der Waals surface area contributed by atoms with Gasteiger partial charge in [-0.1, -0.05) is 32.9 Å². The molecule has 2 N–H and O–H groups in total.